The molecule has 0 unspecified atom stereocenters. The Morgan fingerprint density at radius 2 is 1.68 bits per heavy atom. The molecule has 3 rings (SSSR count). The molecule has 1 fully saturated rings. The molecule has 0 heterocycles. The van der Waals surface area contributed by atoms with Crippen molar-refractivity contribution in [1.82, 2.24) is 0 Å². The number of benzene rings is 2. The Kier molecular flexibility index (Phi) is 5.33. The summed E-state index contributed by atoms with van der Waals surface area (Å²) in [5.41, 5.74) is 1.89. The molecule has 0 radical (unpaired) electrons. The van der Waals surface area contributed by atoms with Crippen LogP contribution in [0.15, 0.2) is 48.5 Å². The number of ether oxygens (including phenoxy) is 1. The first-order valence-corrected chi connectivity index (χ1v) is 8.56. The first-order valence-electron chi connectivity index (χ1n) is 8.56. The van der Waals surface area contributed by atoms with Gasteiger partial charge in [-0.1, -0.05) is 6.07 Å². The van der Waals surface area contributed by atoms with Crippen LogP contribution in [0.5, 0.6) is 5.75 Å². The van der Waals surface area contributed by atoms with Crippen molar-refractivity contribution < 1.29 is 14.3 Å². The monoisotopic (exact) mass is 338 g/mol. The van der Waals surface area contributed by atoms with Crippen LogP contribution >= 0.6 is 0 Å². The third-order valence-electron chi connectivity index (χ3n) is 4.16. The summed E-state index contributed by atoms with van der Waals surface area (Å²) < 4.78 is 5.96. The Bertz CT molecular complexity index is 750. The normalized spacial score (nSPS) is 14.1. The van der Waals surface area contributed by atoms with E-state index in [-0.39, 0.29) is 17.9 Å². The Morgan fingerprint density at radius 1 is 0.960 bits per heavy atom. The van der Waals surface area contributed by atoms with E-state index in [1.54, 1.807) is 24.3 Å². The van der Waals surface area contributed by atoms with Gasteiger partial charge in [0.1, 0.15) is 5.75 Å². The van der Waals surface area contributed by atoms with Crippen molar-refractivity contribution in [2.45, 2.75) is 38.7 Å². The van der Waals surface area contributed by atoms with E-state index >= 15 is 0 Å². The maximum absolute atomic E-state index is 12.4. The molecular formula is C20H22N2O3. The Morgan fingerprint density at radius 3 is 2.36 bits per heavy atom. The number of amides is 2. The predicted molar refractivity (Wildman–Crippen MR) is 98.0 cm³/mol. The van der Waals surface area contributed by atoms with Gasteiger partial charge < -0.3 is 15.4 Å². The van der Waals surface area contributed by atoms with Gasteiger partial charge in [-0.05, 0) is 62.1 Å². The van der Waals surface area contributed by atoms with Gasteiger partial charge in [-0.15, -0.1) is 0 Å². The van der Waals surface area contributed by atoms with Crippen LogP contribution < -0.4 is 15.4 Å². The lowest BCUT2D eigenvalue weighted by Crippen LogP contribution is -2.13. The van der Waals surface area contributed by atoms with E-state index in [9.17, 15) is 9.59 Å². The molecule has 0 aliphatic heterocycles. The lowest BCUT2D eigenvalue weighted by molar-refractivity contribution is -0.114. The van der Waals surface area contributed by atoms with E-state index in [1.807, 2.05) is 24.3 Å². The van der Waals surface area contributed by atoms with Crippen molar-refractivity contribution >= 4 is 23.2 Å². The van der Waals surface area contributed by atoms with Gasteiger partial charge in [0, 0.05) is 29.9 Å². The zero-order chi connectivity index (χ0) is 17.6. The Balaban J connectivity index is 1.63. The van der Waals surface area contributed by atoms with Crippen LogP contribution in [0.2, 0.25) is 0 Å². The minimum absolute atomic E-state index is 0.142. The van der Waals surface area contributed by atoms with E-state index in [0.717, 1.165) is 18.6 Å². The van der Waals surface area contributed by atoms with E-state index in [0.29, 0.717) is 16.9 Å². The number of carbonyl (C=O) groups is 2. The van der Waals surface area contributed by atoms with Gasteiger partial charge in [-0.3, -0.25) is 9.59 Å². The summed E-state index contributed by atoms with van der Waals surface area (Å²) in [5, 5.41) is 5.55. The lowest BCUT2D eigenvalue weighted by atomic mass is 10.2. The summed E-state index contributed by atoms with van der Waals surface area (Å²) in [7, 11) is 0. The highest BCUT2D eigenvalue weighted by Gasteiger charge is 2.16. The second kappa shape index (κ2) is 7.83. The Labute approximate surface area is 147 Å². The molecule has 130 valence electrons. The zero-order valence-electron chi connectivity index (χ0n) is 14.2. The van der Waals surface area contributed by atoms with Crippen LogP contribution in [-0.4, -0.2) is 17.9 Å². The van der Waals surface area contributed by atoms with Crippen LogP contribution in [0.1, 0.15) is 43.0 Å². The van der Waals surface area contributed by atoms with Crippen molar-refractivity contribution in [3.63, 3.8) is 0 Å². The second-order valence-corrected chi connectivity index (χ2v) is 6.26. The molecule has 25 heavy (non-hydrogen) atoms. The minimum Gasteiger partial charge on any atom is -0.490 e. The van der Waals surface area contributed by atoms with Crippen LogP contribution in [0.3, 0.4) is 0 Å². The average molecular weight is 338 g/mol. The molecule has 0 atom stereocenters. The number of hydrogen-bond donors (Lipinski definition) is 2. The summed E-state index contributed by atoms with van der Waals surface area (Å²) in [4.78, 5) is 23.4. The highest BCUT2D eigenvalue weighted by atomic mass is 16.5. The summed E-state index contributed by atoms with van der Waals surface area (Å²) in [6.45, 7) is 1.45. The molecule has 0 bridgehead atoms. The fraction of sp³-hybridized carbons (Fsp3) is 0.300. The molecule has 0 saturated heterocycles. The van der Waals surface area contributed by atoms with E-state index in [1.165, 1.54) is 19.8 Å². The van der Waals surface area contributed by atoms with Gasteiger partial charge in [-0.25, -0.2) is 0 Å². The summed E-state index contributed by atoms with van der Waals surface area (Å²) in [6.07, 6.45) is 4.91. The number of hydrogen-bond acceptors (Lipinski definition) is 3. The van der Waals surface area contributed by atoms with E-state index in [2.05, 4.69) is 10.6 Å². The molecule has 2 amide bonds. The molecule has 0 aromatic heterocycles. The molecule has 0 spiro atoms. The van der Waals surface area contributed by atoms with Crippen molar-refractivity contribution in [2.24, 2.45) is 0 Å². The van der Waals surface area contributed by atoms with Gasteiger partial charge in [-0.2, -0.15) is 0 Å². The maximum Gasteiger partial charge on any atom is 0.255 e. The van der Waals surface area contributed by atoms with Gasteiger partial charge in [0.05, 0.1) is 6.10 Å². The second-order valence-electron chi connectivity index (χ2n) is 6.26. The van der Waals surface area contributed by atoms with Gasteiger partial charge in [0.2, 0.25) is 5.91 Å². The fourth-order valence-electron chi connectivity index (χ4n) is 2.96. The number of carbonyl (C=O) groups excluding carboxylic acids is 2. The summed E-state index contributed by atoms with van der Waals surface area (Å²) in [5.74, 6) is 0.439. The van der Waals surface area contributed by atoms with Crippen LogP contribution in [-0.2, 0) is 4.79 Å². The summed E-state index contributed by atoms with van der Waals surface area (Å²) in [6, 6.07) is 14.2. The number of anilines is 2. The minimum atomic E-state index is -0.201. The molecule has 2 N–H and O–H groups in total. The lowest BCUT2D eigenvalue weighted by Gasteiger charge is -2.14. The first-order chi connectivity index (χ1) is 12.1. The van der Waals surface area contributed by atoms with Crippen molar-refractivity contribution in [3.8, 4) is 5.75 Å². The fourth-order valence-corrected chi connectivity index (χ4v) is 2.96. The first kappa shape index (κ1) is 17.0. The third kappa shape index (κ3) is 4.83. The summed E-state index contributed by atoms with van der Waals surface area (Å²) >= 11 is 0. The van der Waals surface area contributed by atoms with Gasteiger partial charge >= 0.3 is 0 Å². The predicted octanol–water partition coefficient (Wildman–Crippen LogP) is 4.22. The largest absolute Gasteiger partial charge is 0.490 e. The highest BCUT2D eigenvalue weighted by molar-refractivity contribution is 6.04. The molecule has 2 aromatic carbocycles. The third-order valence-corrected chi connectivity index (χ3v) is 4.16. The molecule has 1 saturated carbocycles. The van der Waals surface area contributed by atoms with Crippen molar-refractivity contribution in [3.05, 3.63) is 54.1 Å². The van der Waals surface area contributed by atoms with Crippen LogP contribution in [0.4, 0.5) is 11.4 Å². The molecular weight excluding hydrogens is 316 g/mol. The quantitative estimate of drug-likeness (QED) is 0.858. The highest BCUT2D eigenvalue weighted by Crippen LogP contribution is 2.26. The number of rotatable bonds is 5. The number of nitrogens with one attached hydrogen (secondary N) is 2. The maximum atomic E-state index is 12.4. The van der Waals surface area contributed by atoms with E-state index in [4.69, 9.17) is 4.74 Å². The van der Waals surface area contributed by atoms with E-state index < -0.39 is 0 Å². The van der Waals surface area contributed by atoms with Crippen LogP contribution in [0.25, 0.3) is 0 Å². The molecule has 5 nitrogen and oxygen atoms in total. The SMILES string of the molecule is CC(=O)Nc1ccc(C(=O)Nc2cccc(OC3CCCC3)c2)cc1. The molecule has 2 aromatic rings. The van der Waals surface area contributed by atoms with Gasteiger partial charge in [0.25, 0.3) is 5.91 Å². The van der Waals surface area contributed by atoms with Crippen molar-refractivity contribution in [2.75, 3.05) is 10.6 Å². The average Bonchev–Trinajstić information content (AvgIpc) is 3.08. The van der Waals surface area contributed by atoms with Crippen LogP contribution in [0, 0.1) is 0 Å². The molecule has 1 aliphatic carbocycles. The standard InChI is InChI=1S/C20H22N2O3/c1-14(23)21-16-11-9-15(10-12-16)20(24)22-17-5-4-8-19(13-17)25-18-6-2-3-7-18/h4-5,8-13,18H,2-3,6-7H2,1H3,(H,21,23)(H,22,24). The smallest absolute Gasteiger partial charge is 0.255 e. The van der Waals surface area contributed by atoms with Crippen molar-refractivity contribution in [1.29, 1.82) is 0 Å². The molecule has 1 aliphatic rings. The zero-order valence-corrected chi connectivity index (χ0v) is 14.2. The van der Waals surface area contributed by atoms with Gasteiger partial charge in [0.15, 0.2) is 0 Å². The Hall–Kier alpha value is -2.82. The molecule has 5 heteroatoms. The topological polar surface area (TPSA) is 67.4 Å².